The number of hydrogen-bond donors (Lipinski definition) is 3. The minimum atomic E-state index is -0.808. The summed E-state index contributed by atoms with van der Waals surface area (Å²) in [6.07, 6.45) is 61.1. The Hall–Kier alpha value is -2.70. The van der Waals surface area contributed by atoms with Crippen molar-refractivity contribution in [3.05, 3.63) is 72.9 Å². The van der Waals surface area contributed by atoms with Crippen LogP contribution in [0, 0.1) is 0 Å². The molecule has 6 heteroatoms. The molecule has 0 fully saturated rings. The Balaban J connectivity index is 4.71. The summed E-state index contributed by atoms with van der Waals surface area (Å²) in [6.45, 7) is 6.32. The van der Waals surface area contributed by atoms with Gasteiger partial charge in [0.15, 0.2) is 0 Å². The highest BCUT2D eigenvalue weighted by Crippen LogP contribution is 2.17. The summed E-state index contributed by atoms with van der Waals surface area (Å²) >= 11 is 0. The largest absolute Gasteiger partial charge is 0.462 e. The van der Waals surface area contributed by atoms with Gasteiger partial charge in [0, 0.05) is 6.42 Å². The molecule has 0 heterocycles. The van der Waals surface area contributed by atoms with Gasteiger partial charge in [-0.3, -0.25) is 9.59 Å². The summed E-state index contributed by atoms with van der Waals surface area (Å²) in [7, 11) is 0. The van der Waals surface area contributed by atoms with E-state index in [0.29, 0.717) is 19.3 Å². The lowest BCUT2D eigenvalue weighted by atomic mass is 10.0. The highest BCUT2D eigenvalue weighted by Gasteiger charge is 2.24. The zero-order chi connectivity index (χ0) is 44.5. The molecule has 0 aromatic rings. The van der Waals surface area contributed by atoms with Gasteiger partial charge < -0.3 is 20.3 Å². The molecular formula is C55H97NO5. The minimum Gasteiger partial charge on any atom is -0.462 e. The van der Waals surface area contributed by atoms with Gasteiger partial charge in [-0.25, -0.2) is 0 Å². The molecule has 3 unspecified atom stereocenters. The molecule has 0 spiro atoms. The number of hydrogen-bond acceptors (Lipinski definition) is 5. The molecule has 0 aliphatic rings. The molecule has 0 rings (SSSR count). The first-order valence-electron chi connectivity index (χ1n) is 25.7. The predicted octanol–water partition coefficient (Wildman–Crippen LogP) is 15.4. The van der Waals surface area contributed by atoms with Crippen LogP contribution in [0.5, 0.6) is 0 Å². The van der Waals surface area contributed by atoms with Crippen LogP contribution in [0.15, 0.2) is 72.9 Å². The number of carbonyl (C=O) groups is 2. The van der Waals surface area contributed by atoms with Crippen LogP contribution in [-0.4, -0.2) is 46.9 Å². The van der Waals surface area contributed by atoms with E-state index in [-0.39, 0.29) is 24.9 Å². The monoisotopic (exact) mass is 852 g/mol. The minimum absolute atomic E-state index is 0.0262. The Morgan fingerprint density at radius 1 is 0.492 bits per heavy atom. The number of amides is 1. The van der Waals surface area contributed by atoms with Gasteiger partial charge in [0.1, 0.15) is 6.10 Å². The quantitative estimate of drug-likeness (QED) is 0.0322. The van der Waals surface area contributed by atoms with E-state index in [0.717, 1.165) is 57.8 Å². The molecule has 0 aromatic carbocycles. The Morgan fingerprint density at radius 2 is 0.885 bits per heavy atom. The van der Waals surface area contributed by atoms with Gasteiger partial charge in [-0.1, -0.05) is 261 Å². The van der Waals surface area contributed by atoms with Gasteiger partial charge in [0.25, 0.3) is 0 Å². The fourth-order valence-electron chi connectivity index (χ4n) is 7.59. The summed E-state index contributed by atoms with van der Waals surface area (Å²) in [5, 5.41) is 23.7. The predicted molar refractivity (Wildman–Crippen MR) is 264 cm³/mol. The first-order chi connectivity index (χ1) is 30.0. The normalized spacial score (nSPS) is 13.9. The summed E-state index contributed by atoms with van der Waals surface area (Å²) in [4.78, 5) is 26.1. The van der Waals surface area contributed by atoms with Gasteiger partial charge in [-0.05, 0) is 38.5 Å². The number of nitrogens with one attached hydrogen (secondary N) is 1. The Bertz CT molecular complexity index is 1140. The molecule has 0 radical (unpaired) electrons. The van der Waals surface area contributed by atoms with E-state index in [1.807, 2.05) is 60.8 Å². The maximum Gasteiger partial charge on any atom is 0.306 e. The van der Waals surface area contributed by atoms with E-state index in [4.69, 9.17) is 4.74 Å². The number of aliphatic hydroxyl groups excluding tert-OH is 2. The SMILES string of the molecule is CC\C=C/C=C/C=C/C=C\C=C\C=C\CCCC(CC(=O)NC(CO)C(O)CCCCCCCCCCCCCC)OC(=O)CCCCCCCCCCCCCCCCC. The third-order valence-electron chi connectivity index (χ3n) is 11.5. The van der Waals surface area contributed by atoms with Crippen LogP contribution in [0.2, 0.25) is 0 Å². The Morgan fingerprint density at radius 3 is 1.31 bits per heavy atom. The number of aliphatic hydroxyl groups is 2. The molecule has 0 saturated carbocycles. The highest BCUT2D eigenvalue weighted by atomic mass is 16.5. The van der Waals surface area contributed by atoms with E-state index in [2.05, 4.69) is 38.2 Å². The molecule has 6 nitrogen and oxygen atoms in total. The molecule has 3 N–H and O–H groups in total. The van der Waals surface area contributed by atoms with Gasteiger partial charge >= 0.3 is 5.97 Å². The molecular weight excluding hydrogens is 755 g/mol. The van der Waals surface area contributed by atoms with Crippen molar-refractivity contribution in [2.24, 2.45) is 0 Å². The standard InChI is InChI=1S/C55H97NO5/c1-4-7-10-13-16-19-22-25-27-29-31-34-37-40-43-46-51(61-55(60)48-45-42-39-36-33-30-28-26-23-20-17-14-11-8-5-2)49-54(59)56-52(50-57)53(58)47-44-41-38-35-32-24-21-18-15-12-9-6-3/h7,10,13,16,19,22,25,27,29,31,34,37,51-53,57-58H,4-6,8-9,11-12,14-15,17-18,20-21,23-24,26,28,30,32-33,35-36,38-50H2,1-3H3,(H,56,59)/b10-7-,16-13+,22-19+,27-25-,31-29+,37-34+. The molecule has 0 bridgehead atoms. The molecule has 0 saturated heterocycles. The van der Waals surface area contributed by atoms with Crippen LogP contribution in [0.4, 0.5) is 0 Å². The second kappa shape index (κ2) is 48.3. The molecule has 61 heavy (non-hydrogen) atoms. The third kappa shape index (κ3) is 43.7. The van der Waals surface area contributed by atoms with Crippen LogP contribution in [0.25, 0.3) is 0 Å². The van der Waals surface area contributed by atoms with Crippen molar-refractivity contribution in [2.75, 3.05) is 6.61 Å². The van der Waals surface area contributed by atoms with E-state index < -0.39 is 18.2 Å². The first-order valence-corrected chi connectivity index (χ1v) is 25.7. The van der Waals surface area contributed by atoms with Gasteiger partial charge in [0.2, 0.25) is 5.91 Å². The number of ether oxygens (including phenoxy) is 1. The second-order valence-electron chi connectivity index (χ2n) is 17.4. The average molecular weight is 852 g/mol. The van der Waals surface area contributed by atoms with Crippen molar-refractivity contribution in [1.29, 1.82) is 0 Å². The maximum absolute atomic E-state index is 13.2. The Kier molecular flexibility index (Phi) is 46.2. The molecule has 0 aromatic heterocycles. The number of unbranched alkanes of at least 4 members (excludes halogenated alkanes) is 26. The van der Waals surface area contributed by atoms with Crippen LogP contribution in [0.3, 0.4) is 0 Å². The molecule has 0 aliphatic carbocycles. The summed E-state index contributed by atoms with van der Waals surface area (Å²) in [6, 6.07) is -0.726. The van der Waals surface area contributed by atoms with Crippen molar-refractivity contribution in [2.45, 2.75) is 257 Å². The van der Waals surface area contributed by atoms with Crippen molar-refractivity contribution in [1.82, 2.24) is 5.32 Å². The van der Waals surface area contributed by atoms with E-state index >= 15 is 0 Å². The number of rotatable bonds is 45. The average Bonchev–Trinajstić information content (AvgIpc) is 3.25. The topological polar surface area (TPSA) is 95.9 Å². The van der Waals surface area contributed by atoms with E-state index in [1.165, 1.54) is 135 Å². The summed E-state index contributed by atoms with van der Waals surface area (Å²) in [5.41, 5.74) is 0. The van der Waals surface area contributed by atoms with Gasteiger partial charge in [0.05, 0.1) is 25.2 Å². The van der Waals surface area contributed by atoms with Crippen molar-refractivity contribution in [3.8, 4) is 0 Å². The highest BCUT2D eigenvalue weighted by molar-refractivity contribution is 5.77. The molecule has 0 aliphatic heterocycles. The third-order valence-corrected chi connectivity index (χ3v) is 11.5. The fraction of sp³-hybridized carbons (Fsp3) is 0.745. The van der Waals surface area contributed by atoms with E-state index in [9.17, 15) is 19.8 Å². The fourth-order valence-corrected chi connectivity index (χ4v) is 7.59. The number of carbonyl (C=O) groups excluding carboxylic acids is 2. The lowest BCUT2D eigenvalue weighted by molar-refractivity contribution is -0.151. The van der Waals surface area contributed by atoms with Crippen LogP contribution < -0.4 is 5.32 Å². The van der Waals surface area contributed by atoms with Crippen LogP contribution in [-0.2, 0) is 14.3 Å². The number of esters is 1. The maximum atomic E-state index is 13.2. The first kappa shape index (κ1) is 58.3. The lowest BCUT2D eigenvalue weighted by Crippen LogP contribution is -2.46. The smallest absolute Gasteiger partial charge is 0.306 e. The number of allylic oxidation sites excluding steroid dienone is 12. The van der Waals surface area contributed by atoms with Crippen LogP contribution in [0.1, 0.15) is 239 Å². The van der Waals surface area contributed by atoms with Crippen molar-refractivity contribution < 1.29 is 24.5 Å². The van der Waals surface area contributed by atoms with E-state index in [1.54, 1.807) is 0 Å². The molecule has 1 amide bonds. The summed E-state index contributed by atoms with van der Waals surface area (Å²) < 4.78 is 5.90. The van der Waals surface area contributed by atoms with Crippen LogP contribution >= 0.6 is 0 Å². The molecule has 352 valence electrons. The van der Waals surface area contributed by atoms with Gasteiger partial charge in [-0.15, -0.1) is 0 Å². The second-order valence-corrected chi connectivity index (χ2v) is 17.4. The zero-order valence-electron chi connectivity index (χ0n) is 40.0. The molecule has 3 atom stereocenters. The lowest BCUT2D eigenvalue weighted by Gasteiger charge is -2.24. The zero-order valence-corrected chi connectivity index (χ0v) is 40.0. The Labute approximate surface area is 377 Å². The summed E-state index contributed by atoms with van der Waals surface area (Å²) in [5.74, 6) is -0.546. The van der Waals surface area contributed by atoms with Gasteiger partial charge in [-0.2, -0.15) is 0 Å². The van der Waals surface area contributed by atoms with Crippen molar-refractivity contribution in [3.63, 3.8) is 0 Å². The van der Waals surface area contributed by atoms with Crippen molar-refractivity contribution >= 4 is 11.9 Å².